The third-order valence-electron chi connectivity index (χ3n) is 2.96. The summed E-state index contributed by atoms with van der Waals surface area (Å²) in [6.07, 6.45) is 25.9. The van der Waals surface area contributed by atoms with E-state index in [0.29, 0.717) is 0 Å². The van der Waals surface area contributed by atoms with Crippen molar-refractivity contribution in [3.8, 4) is 0 Å². The zero-order valence-electron chi connectivity index (χ0n) is 23.0. The topological polar surface area (TPSA) is 23.8 Å². The Morgan fingerprint density at radius 1 is 0.375 bits per heavy atom. The molecule has 0 aromatic heterocycles. The minimum absolute atomic E-state index is 1.15. The van der Waals surface area contributed by atoms with Crippen LogP contribution in [0.25, 0.3) is 0 Å². The maximum atomic E-state index is 6.62. The van der Waals surface area contributed by atoms with E-state index in [2.05, 4.69) is 96.1 Å². The molecule has 0 aromatic rings. The van der Waals surface area contributed by atoms with Gasteiger partial charge >= 0.3 is 19.4 Å². The molecule has 0 aliphatic heterocycles. The normalized spacial score (nSPS) is 7.06. The molecule has 0 fully saturated rings. The van der Waals surface area contributed by atoms with Crippen molar-refractivity contribution in [2.45, 2.75) is 119 Å². The molecule has 0 rings (SSSR count). The van der Waals surface area contributed by atoms with Gasteiger partial charge in [-0.05, 0) is 38.5 Å². The summed E-state index contributed by atoms with van der Waals surface area (Å²) in [5.41, 5.74) is 0. The van der Waals surface area contributed by atoms with Gasteiger partial charge in [-0.1, -0.05) is 117 Å². The molecule has 0 amide bonds. The minimum atomic E-state index is 1.15. The van der Waals surface area contributed by atoms with Crippen LogP contribution in [-0.4, -0.2) is 0 Å². The predicted octanol–water partition coefficient (Wildman–Crippen LogP) is 11.8. The number of hydrogen-bond donors (Lipinski definition) is 0. The SMILES string of the molecule is C=CCCC.C=CCCC.C=CCCC.C=CCCC.C=CCCC.C=CCCC.[N]#[Ni]. The average molecular weight is 494 g/mol. The predicted molar refractivity (Wildman–Crippen MR) is 152 cm³/mol. The molecule has 0 N–H and O–H groups in total. The average Bonchev–Trinajstić information content (AvgIpc) is 2.81. The van der Waals surface area contributed by atoms with Crippen LogP contribution in [0, 0.1) is 4.27 Å². The second-order valence-corrected chi connectivity index (χ2v) is 6.46. The van der Waals surface area contributed by atoms with Crippen LogP contribution in [0.15, 0.2) is 75.9 Å². The molecule has 0 radical (unpaired) electrons. The van der Waals surface area contributed by atoms with Crippen molar-refractivity contribution in [3.63, 3.8) is 0 Å². The summed E-state index contributed by atoms with van der Waals surface area (Å²) in [5.74, 6) is 0. The molecule has 0 atom stereocenters. The Hall–Kier alpha value is -1.36. The molecule has 0 heterocycles. The Bertz CT molecular complexity index is 251. The molecule has 0 unspecified atom stereocenters. The number of allylic oxidation sites excluding steroid dienone is 6. The summed E-state index contributed by atoms with van der Waals surface area (Å²) in [5, 5.41) is 0. The third kappa shape index (κ3) is 193. The van der Waals surface area contributed by atoms with Gasteiger partial charge in [0.2, 0.25) is 0 Å². The quantitative estimate of drug-likeness (QED) is 0.196. The van der Waals surface area contributed by atoms with Crippen LogP contribution in [0.2, 0.25) is 0 Å². The zero-order chi connectivity index (χ0) is 26.7. The van der Waals surface area contributed by atoms with Gasteiger partial charge in [-0.15, -0.1) is 39.5 Å². The van der Waals surface area contributed by atoms with E-state index in [0.717, 1.165) is 38.5 Å². The van der Waals surface area contributed by atoms with Crippen molar-refractivity contribution < 1.29 is 15.1 Å². The van der Waals surface area contributed by atoms with Crippen LogP contribution in [0.4, 0.5) is 0 Å². The summed E-state index contributed by atoms with van der Waals surface area (Å²) >= 11 is 2.88. The van der Waals surface area contributed by atoms with Gasteiger partial charge in [-0.25, -0.2) is 0 Å². The fourth-order valence-corrected chi connectivity index (χ4v) is 1.22. The van der Waals surface area contributed by atoms with Crippen LogP contribution < -0.4 is 0 Å². The van der Waals surface area contributed by atoms with Crippen LogP contribution in [0.5, 0.6) is 0 Å². The number of rotatable bonds is 12. The molecule has 0 saturated heterocycles. The van der Waals surface area contributed by atoms with E-state index >= 15 is 0 Å². The van der Waals surface area contributed by atoms with Gasteiger partial charge in [0.05, 0.1) is 0 Å². The number of hydrogen-bond acceptors (Lipinski definition) is 1. The zero-order valence-corrected chi connectivity index (χ0v) is 23.9. The number of unbranched alkanes of at least 4 members (excludes halogenated alkanes) is 6. The second kappa shape index (κ2) is 87.8. The van der Waals surface area contributed by atoms with Gasteiger partial charge < -0.3 is 0 Å². The van der Waals surface area contributed by atoms with Crippen molar-refractivity contribution in [2.75, 3.05) is 0 Å². The van der Waals surface area contributed by atoms with E-state index in [9.17, 15) is 0 Å². The first-order chi connectivity index (χ1) is 15.5. The molecule has 0 saturated carbocycles. The van der Waals surface area contributed by atoms with Gasteiger partial charge in [0.15, 0.2) is 0 Å². The molecule has 0 aliphatic carbocycles. The van der Waals surface area contributed by atoms with Crippen molar-refractivity contribution >= 4 is 0 Å². The van der Waals surface area contributed by atoms with Crippen LogP contribution in [-0.2, 0) is 15.1 Å². The summed E-state index contributed by atoms with van der Waals surface area (Å²) in [6, 6.07) is 0. The van der Waals surface area contributed by atoms with Crippen molar-refractivity contribution in [3.05, 3.63) is 75.9 Å². The van der Waals surface area contributed by atoms with E-state index in [-0.39, 0.29) is 0 Å². The molecular weight excluding hydrogens is 433 g/mol. The Kier molecular flexibility index (Phi) is 132. The van der Waals surface area contributed by atoms with E-state index in [1.807, 2.05) is 36.5 Å². The molecule has 32 heavy (non-hydrogen) atoms. The number of nitrogens with zero attached hydrogens (tertiary/aromatic N) is 1. The van der Waals surface area contributed by atoms with Crippen molar-refractivity contribution in [1.29, 1.82) is 4.27 Å². The maximum absolute atomic E-state index is 6.62. The van der Waals surface area contributed by atoms with Crippen LogP contribution in [0.3, 0.4) is 0 Å². The van der Waals surface area contributed by atoms with Crippen LogP contribution >= 0.6 is 0 Å². The second-order valence-electron chi connectivity index (χ2n) is 6.46. The Labute approximate surface area is 213 Å². The summed E-state index contributed by atoms with van der Waals surface area (Å²) < 4.78 is 6.62. The van der Waals surface area contributed by atoms with Gasteiger partial charge in [0.25, 0.3) is 0 Å². The molecule has 0 aliphatic rings. The van der Waals surface area contributed by atoms with Crippen molar-refractivity contribution in [2.24, 2.45) is 0 Å². The van der Waals surface area contributed by atoms with E-state index in [1.54, 1.807) is 0 Å². The molecule has 0 spiro atoms. The fourth-order valence-electron chi connectivity index (χ4n) is 1.22. The van der Waals surface area contributed by atoms with Gasteiger partial charge in [0, 0.05) is 0 Å². The van der Waals surface area contributed by atoms with Gasteiger partial charge in [0.1, 0.15) is 0 Å². The molecule has 2 heteroatoms. The first kappa shape index (κ1) is 48.2. The molecule has 0 bridgehead atoms. The summed E-state index contributed by atoms with van der Waals surface area (Å²) in [4.78, 5) is 0. The Morgan fingerprint density at radius 2 is 0.469 bits per heavy atom. The molecule has 1 nitrogen and oxygen atoms in total. The summed E-state index contributed by atoms with van der Waals surface area (Å²) in [7, 11) is 0. The van der Waals surface area contributed by atoms with E-state index in [1.165, 1.54) is 38.5 Å². The van der Waals surface area contributed by atoms with Gasteiger partial charge in [-0.2, -0.15) is 0 Å². The first-order valence-corrected chi connectivity index (χ1v) is 12.7. The van der Waals surface area contributed by atoms with Crippen molar-refractivity contribution in [1.82, 2.24) is 0 Å². The van der Waals surface area contributed by atoms with Crippen LogP contribution in [0.1, 0.15) is 119 Å². The van der Waals surface area contributed by atoms with Gasteiger partial charge in [-0.3, -0.25) is 0 Å². The monoisotopic (exact) mass is 492 g/mol. The Morgan fingerprint density at radius 3 is 0.469 bits per heavy atom. The molecule has 0 aromatic carbocycles. The first-order valence-electron chi connectivity index (χ1n) is 12.3. The Balaban J connectivity index is -0.0000000461. The standard InChI is InChI=1S/6C5H10.N.Ni/c6*1-3-5-4-2;;/h6*3H,1,4-5H2,2H3;;. The third-order valence-corrected chi connectivity index (χ3v) is 2.96. The van der Waals surface area contributed by atoms with E-state index in [4.69, 9.17) is 4.27 Å². The van der Waals surface area contributed by atoms with E-state index < -0.39 is 0 Å². The molecular formula is C30H60NNi. The fraction of sp³-hybridized carbons (Fsp3) is 0.600. The molecule has 195 valence electrons. The summed E-state index contributed by atoms with van der Waals surface area (Å²) in [6.45, 7) is 34.1.